The minimum Gasteiger partial charge on any atom is -0.496 e. The number of halogens is 1. The van der Waals surface area contributed by atoms with Crippen molar-refractivity contribution in [2.24, 2.45) is 0 Å². The van der Waals surface area contributed by atoms with Gasteiger partial charge in [-0.1, -0.05) is 29.8 Å². The Morgan fingerprint density at radius 3 is 2.41 bits per heavy atom. The van der Waals surface area contributed by atoms with Gasteiger partial charge in [0.2, 0.25) is 5.89 Å². The molecule has 4 aromatic rings. The fourth-order valence-corrected chi connectivity index (χ4v) is 3.24. The topological polar surface area (TPSA) is 73.6 Å². The predicted octanol–water partition coefficient (Wildman–Crippen LogP) is 5.42. The number of methoxy groups -OCH3 is 2. The number of hydrogen-bond donors (Lipinski definition) is 1. The molecule has 6 nitrogen and oxygen atoms in total. The van der Waals surface area contributed by atoms with Gasteiger partial charge in [0.25, 0.3) is 5.91 Å². The van der Waals surface area contributed by atoms with Gasteiger partial charge in [0.1, 0.15) is 22.6 Å². The molecule has 0 aliphatic rings. The maximum atomic E-state index is 12.8. The van der Waals surface area contributed by atoms with E-state index in [0.717, 1.165) is 0 Å². The number of aromatic nitrogens is 1. The minimum absolute atomic E-state index is 0.312. The van der Waals surface area contributed by atoms with Crippen molar-refractivity contribution in [3.63, 3.8) is 0 Å². The number of ether oxygens (including phenoxy) is 2. The summed E-state index contributed by atoms with van der Waals surface area (Å²) in [6.07, 6.45) is 0. The van der Waals surface area contributed by atoms with E-state index in [1.807, 2.05) is 18.2 Å². The molecule has 1 amide bonds. The fourth-order valence-electron chi connectivity index (χ4n) is 3.02. The number of nitrogens with one attached hydrogen (secondary N) is 1. The molecule has 0 atom stereocenters. The number of benzene rings is 3. The second kappa shape index (κ2) is 7.85. The van der Waals surface area contributed by atoms with Gasteiger partial charge in [-0.25, -0.2) is 4.98 Å². The molecule has 0 fully saturated rings. The molecule has 1 heterocycles. The fraction of sp³-hybridized carbons (Fsp3) is 0.0909. The lowest BCUT2D eigenvalue weighted by atomic mass is 10.1. The van der Waals surface area contributed by atoms with E-state index in [-0.39, 0.29) is 5.91 Å². The molecule has 0 bridgehead atoms. The second-order valence-corrected chi connectivity index (χ2v) is 6.58. The Kier molecular flexibility index (Phi) is 5.10. The van der Waals surface area contributed by atoms with Gasteiger partial charge in [0, 0.05) is 11.8 Å². The summed E-state index contributed by atoms with van der Waals surface area (Å²) in [6, 6.07) is 17.7. The molecule has 29 heavy (non-hydrogen) atoms. The van der Waals surface area contributed by atoms with Crippen molar-refractivity contribution < 1.29 is 18.7 Å². The summed E-state index contributed by atoms with van der Waals surface area (Å²) in [7, 11) is 3.00. The van der Waals surface area contributed by atoms with Crippen LogP contribution < -0.4 is 14.8 Å². The molecular weight excluding hydrogens is 392 g/mol. The van der Waals surface area contributed by atoms with Crippen LogP contribution in [0.2, 0.25) is 5.02 Å². The van der Waals surface area contributed by atoms with Crippen molar-refractivity contribution in [2.45, 2.75) is 0 Å². The molecular formula is C22H17ClN2O4. The molecule has 0 unspecified atom stereocenters. The van der Waals surface area contributed by atoms with Crippen LogP contribution in [0.3, 0.4) is 0 Å². The Morgan fingerprint density at radius 2 is 1.72 bits per heavy atom. The Hall–Kier alpha value is -3.51. The standard InChI is InChI=1S/C22H17ClN2O4/c1-27-17-8-5-9-18(28-2)20(17)21(26)24-13-10-11-16-19(12-13)29-22(25-16)14-6-3-4-7-15(14)23/h3-12H,1-2H3,(H,24,26). The largest absolute Gasteiger partial charge is 0.496 e. The van der Waals surface area contributed by atoms with E-state index >= 15 is 0 Å². The first-order valence-corrected chi connectivity index (χ1v) is 9.16. The maximum absolute atomic E-state index is 12.8. The summed E-state index contributed by atoms with van der Waals surface area (Å²) >= 11 is 6.23. The first-order chi connectivity index (χ1) is 14.1. The third-order valence-corrected chi connectivity index (χ3v) is 4.74. The highest BCUT2D eigenvalue weighted by Crippen LogP contribution is 2.32. The number of rotatable bonds is 5. The maximum Gasteiger partial charge on any atom is 0.263 e. The van der Waals surface area contributed by atoms with Crippen molar-refractivity contribution in [2.75, 3.05) is 19.5 Å². The van der Waals surface area contributed by atoms with Gasteiger partial charge in [0.05, 0.1) is 24.8 Å². The zero-order chi connectivity index (χ0) is 20.4. The summed E-state index contributed by atoms with van der Waals surface area (Å²) in [5.41, 5.74) is 2.76. The number of amides is 1. The highest BCUT2D eigenvalue weighted by atomic mass is 35.5. The molecule has 0 saturated carbocycles. The van der Waals surface area contributed by atoms with Gasteiger partial charge in [-0.15, -0.1) is 0 Å². The van der Waals surface area contributed by atoms with E-state index in [1.54, 1.807) is 42.5 Å². The third-order valence-electron chi connectivity index (χ3n) is 4.41. The van der Waals surface area contributed by atoms with Crippen LogP contribution >= 0.6 is 11.6 Å². The van der Waals surface area contributed by atoms with Crippen molar-refractivity contribution in [3.05, 3.63) is 71.2 Å². The lowest BCUT2D eigenvalue weighted by Gasteiger charge is -2.12. The summed E-state index contributed by atoms with van der Waals surface area (Å²) in [5.74, 6) is 0.900. The smallest absolute Gasteiger partial charge is 0.263 e. The Labute approximate surface area is 172 Å². The first kappa shape index (κ1) is 18.8. The Morgan fingerprint density at radius 1 is 1.00 bits per heavy atom. The van der Waals surface area contributed by atoms with E-state index in [9.17, 15) is 4.79 Å². The molecule has 1 aromatic heterocycles. The van der Waals surface area contributed by atoms with Crippen molar-refractivity contribution in [1.82, 2.24) is 4.98 Å². The summed E-state index contributed by atoms with van der Waals surface area (Å²) in [4.78, 5) is 17.3. The zero-order valence-corrected chi connectivity index (χ0v) is 16.5. The third kappa shape index (κ3) is 3.62. The molecule has 1 N–H and O–H groups in total. The van der Waals surface area contributed by atoms with Crippen molar-refractivity contribution >= 4 is 34.3 Å². The van der Waals surface area contributed by atoms with Crippen molar-refractivity contribution in [1.29, 1.82) is 0 Å². The quantitative estimate of drug-likeness (QED) is 0.477. The number of carbonyl (C=O) groups is 1. The van der Waals surface area contributed by atoms with Crippen LogP contribution in [0, 0.1) is 0 Å². The van der Waals surface area contributed by atoms with Crippen LogP contribution in [0.1, 0.15) is 10.4 Å². The number of hydrogen-bond acceptors (Lipinski definition) is 5. The normalized spacial score (nSPS) is 10.7. The monoisotopic (exact) mass is 408 g/mol. The van der Waals surface area contributed by atoms with Crippen molar-refractivity contribution in [3.8, 4) is 23.0 Å². The second-order valence-electron chi connectivity index (χ2n) is 6.17. The van der Waals surface area contributed by atoms with Crippen LogP contribution in [0.25, 0.3) is 22.6 Å². The number of fused-ring (bicyclic) bond motifs is 1. The molecule has 3 aromatic carbocycles. The zero-order valence-electron chi connectivity index (χ0n) is 15.7. The van der Waals surface area contributed by atoms with E-state index in [1.165, 1.54) is 14.2 Å². The van der Waals surface area contributed by atoms with Crippen LogP contribution in [0.4, 0.5) is 5.69 Å². The van der Waals surface area contributed by atoms with Gasteiger partial charge in [-0.05, 0) is 36.4 Å². The van der Waals surface area contributed by atoms with Gasteiger partial charge >= 0.3 is 0 Å². The Bertz CT molecular complexity index is 1180. The van der Waals surface area contributed by atoms with Gasteiger partial charge < -0.3 is 19.2 Å². The van der Waals surface area contributed by atoms with E-state index in [2.05, 4.69) is 10.3 Å². The first-order valence-electron chi connectivity index (χ1n) is 8.78. The average molecular weight is 409 g/mol. The van der Waals surface area contributed by atoms with Crippen LogP contribution in [0.15, 0.2) is 65.1 Å². The Balaban J connectivity index is 1.66. The van der Waals surface area contributed by atoms with E-state index < -0.39 is 0 Å². The van der Waals surface area contributed by atoms with E-state index in [4.69, 9.17) is 25.5 Å². The van der Waals surface area contributed by atoms with E-state index in [0.29, 0.717) is 50.3 Å². The molecule has 0 saturated heterocycles. The van der Waals surface area contributed by atoms with Gasteiger partial charge in [0.15, 0.2) is 5.58 Å². The SMILES string of the molecule is COc1cccc(OC)c1C(=O)Nc1ccc2nc(-c3ccccc3Cl)oc2c1. The number of carbonyl (C=O) groups excluding carboxylic acids is 1. The predicted molar refractivity (Wildman–Crippen MR) is 112 cm³/mol. The summed E-state index contributed by atoms with van der Waals surface area (Å²) in [5, 5.41) is 3.40. The molecule has 146 valence electrons. The van der Waals surface area contributed by atoms with Crippen LogP contribution in [-0.2, 0) is 0 Å². The molecule has 0 radical (unpaired) electrons. The lowest BCUT2D eigenvalue weighted by molar-refractivity contribution is 0.102. The molecule has 0 spiro atoms. The molecule has 7 heteroatoms. The number of oxazole rings is 1. The summed E-state index contributed by atoms with van der Waals surface area (Å²) < 4.78 is 16.5. The lowest BCUT2D eigenvalue weighted by Crippen LogP contribution is -2.14. The van der Waals surface area contributed by atoms with Crippen LogP contribution in [0.5, 0.6) is 11.5 Å². The molecule has 0 aliphatic carbocycles. The van der Waals surface area contributed by atoms with Gasteiger partial charge in [-0.3, -0.25) is 4.79 Å². The van der Waals surface area contributed by atoms with Gasteiger partial charge in [-0.2, -0.15) is 0 Å². The van der Waals surface area contributed by atoms with Crippen LogP contribution in [-0.4, -0.2) is 25.1 Å². The molecule has 4 rings (SSSR count). The number of nitrogens with zero attached hydrogens (tertiary/aromatic N) is 1. The highest BCUT2D eigenvalue weighted by Gasteiger charge is 2.19. The summed E-state index contributed by atoms with van der Waals surface area (Å²) in [6.45, 7) is 0. The molecule has 0 aliphatic heterocycles. The minimum atomic E-state index is -0.357. The number of anilines is 1. The highest BCUT2D eigenvalue weighted by molar-refractivity contribution is 6.33. The average Bonchev–Trinajstić information content (AvgIpc) is 3.16.